The zero-order valence-electron chi connectivity index (χ0n) is 17.7. The van der Waals surface area contributed by atoms with E-state index in [0.29, 0.717) is 51.1 Å². The minimum absolute atomic E-state index is 0.0216. The topological polar surface area (TPSA) is 84.1 Å². The van der Waals surface area contributed by atoms with E-state index >= 15 is 4.39 Å². The molecule has 0 bridgehead atoms. The zero-order valence-corrected chi connectivity index (χ0v) is 19.3. The molecule has 9 heteroatoms. The fourth-order valence-electron chi connectivity index (χ4n) is 3.69. The van der Waals surface area contributed by atoms with Crippen LogP contribution < -0.4 is 10.1 Å². The number of hydrogen-bond donors (Lipinski definition) is 2. The highest BCUT2D eigenvalue weighted by atomic mass is 35.5. The normalized spacial score (nSPS) is 12.0. The number of pyridine rings is 1. The Balaban J connectivity index is 1.97. The Kier molecular flexibility index (Phi) is 6.37. The minimum Gasteiger partial charge on any atom is -0.488 e. The zero-order chi connectivity index (χ0) is 22.9. The van der Waals surface area contributed by atoms with Gasteiger partial charge >= 0.3 is 0 Å². The summed E-state index contributed by atoms with van der Waals surface area (Å²) in [5.41, 5.74) is 2.10. The third-order valence-electron chi connectivity index (χ3n) is 5.30. The van der Waals surface area contributed by atoms with Gasteiger partial charge in [0.05, 0.1) is 27.8 Å². The van der Waals surface area contributed by atoms with E-state index in [4.69, 9.17) is 16.3 Å². The standard InChI is InChI=1S/C23H23ClFN3O3S/c1-3-32(29,30)16-7-4-6-14(10-16)17-12-19(25)22(31-9-5-8-26-2)21-20(17)18-11-15(24)13-27-23(18)28-21/h4,6-7,10-13,26H,3,5,8-9H2,1-2H3,(H,27,28). The van der Waals surface area contributed by atoms with E-state index in [9.17, 15) is 8.42 Å². The maximum Gasteiger partial charge on any atom is 0.179 e. The van der Waals surface area contributed by atoms with Crippen molar-refractivity contribution in [3.8, 4) is 16.9 Å². The van der Waals surface area contributed by atoms with Crippen molar-refractivity contribution in [3.63, 3.8) is 0 Å². The molecule has 2 aromatic carbocycles. The number of aromatic nitrogens is 2. The van der Waals surface area contributed by atoms with E-state index in [1.54, 1.807) is 37.3 Å². The van der Waals surface area contributed by atoms with Crippen LogP contribution in [0.2, 0.25) is 5.02 Å². The van der Waals surface area contributed by atoms with Crippen molar-refractivity contribution in [2.24, 2.45) is 0 Å². The maximum atomic E-state index is 15.3. The van der Waals surface area contributed by atoms with Crippen LogP contribution in [-0.4, -0.2) is 44.3 Å². The first kappa shape index (κ1) is 22.5. The van der Waals surface area contributed by atoms with E-state index in [1.165, 1.54) is 12.3 Å². The molecule has 0 amide bonds. The van der Waals surface area contributed by atoms with Gasteiger partial charge < -0.3 is 15.0 Å². The second-order valence-electron chi connectivity index (χ2n) is 7.40. The lowest BCUT2D eigenvalue weighted by Gasteiger charge is -2.13. The quantitative estimate of drug-likeness (QED) is 0.352. The summed E-state index contributed by atoms with van der Waals surface area (Å²) in [5.74, 6) is -0.462. The molecule has 4 aromatic rings. The van der Waals surface area contributed by atoms with Gasteiger partial charge in [-0.15, -0.1) is 0 Å². The van der Waals surface area contributed by atoms with Crippen LogP contribution in [0.5, 0.6) is 5.75 Å². The molecule has 0 fully saturated rings. The predicted molar refractivity (Wildman–Crippen MR) is 126 cm³/mol. The number of aromatic amines is 1. The van der Waals surface area contributed by atoms with Crippen LogP contribution in [0.3, 0.4) is 0 Å². The lowest BCUT2D eigenvalue weighted by atomic mass is 9.99. The number of H-pyrrole nitrogens is 1. The minimum atomic E-state index is -3.42. The molecule has 4 rings (SSSR count). The molecule has 0 unspecified atom stereocenters. The maximum absolute atomic E-state index is 15.3. The van der Waals surface area contributed by atoms with Crippen LogP contribution >= 0.6 is 11.6 Å². The van der Waals surface area contributed by atoms with Crippen molar-refractivity contribution in [3.05, 3.63) is 53.4 Å². The van der Waals surface area contributed by atoms with Gasteiger partial charge in [-0.2, -0.15) is 0 Å². The number of benzene rings is 2. The van der Waals surface area contributed by atoms with Crippen LogP contribution in [0.25, 0.3) is 33.1 Å². The molecule has 2 N–H and O–H groups in total. The van der Waals surface area contributed by atoms with Gasteiger partial charge in [-0.1, -0.05) is 30.7 Å². The van der Waals surface area contributed by atoms with Crippen LogP contribution in [-0.2, 0) is 9.84 Å². The molecule has 0 aliphatic carbocycles. The van der Waals surface area contributed by atoms with Crippen molar-refractivity contribution >= 4 is 43.4 Å². The third kappa shape index (κ3) is 4.18. The Labute approximate surface area is 190 Å². The fourth-order valence-corrected chi connectivity index (χ4v) is 4.78. The summed E-state index contributed by atoms with van der Waals surface area (Å²) in [7, 11) is -1.58. The first-order valence-corrected chi connectivity index (χ1v) is 12.3. The molecule has 0 spiro atoms. The van der Waals surface area contributed by atoms with E-state index < -0.39 is 15.7 Å². The van der Waals surface area contributed by atoms with Gasteiger partial charge in [-0.25, -0.2) is 17.8 Å². The van der Waals surface area contributed by atoms with Crippen LogP contribution in [0.1, 0.15) is 13.3 Å². The van der Waals surface area contributed by atoms with Crippen LogP contribution in [0.15, 0.2) is 47.5 Å². The summed E-state index contributed by atoms with van der Waals surface area (Å²) in [6.45, 7) is 2.67. The Bertz CT molecular complexity index is 1400. The van der Waals surface area contributed by atoms with Crippen molar-refractivity contribution in [1.82, 2.24) is 15.3 Å². The summed E-state index contributed by atoms with van der Waals surface area (Å²) in [6, 6.07) is 9.65. The Morgan fingerprint density at radius 1 is 1.25 bits per heavy atom. The fraction of sp³-hybridized carbons (Fsp3) is 0.261. The molecule has 0 aliphatic heterocycles. The largest absolute Gasteiger partial charge is 0.488 e. The van der Waals surface area contributed by atoms with Gasteiger partial charge in [-0.05, 0) is 55.4 Å². The molecule has 0 atom stereocenters. The molecule has 0 aliphatic rings. The average Bonchev–Trinajstić information content (AvgIpc) is 3.16. The summed E-state index contributed by atoms with van der Waals surface area (Å²) in [6.07, 6.45) is 2.22. The molecule has 0 saturated heterocycles. The molecule has 0 saturated carbocycles. The number of ether oxygens (including phenoxy) is 1. The van der Waals surface area contributed by atoms with E-state index in [0.717, 1.165) is 6.54 Å². The average molecular weight is 476 g/mol. The molecule has 0 radical (unpaired) electrons. The van der Waals surface area contributed by atoms with Gasteiger partial charge in [-0.3, -0.25) is 0 Å². The molecular formula is C23H23ClFN3O3S. The van der Waals surface area contributed by atoms with Crippen molar-refractivity contribution in [1.29, 1.82) is 0 Å². The van der Waals surface area contributed by atoms with Gasteiger partial charge in [0.1, 0.15) is 5.65 Å². The summed E-state index contributed by atoms with van der Waals surface area (Å²) < 4.78 is 45.9. The summed E-state index contributed by atoms with van der Waals surface area (Å²) >= 11 is 6.20. The summed E-state index contributed by atoms with van der Waals surface area (Å²) in [4.78, 5) is 7.67. The van der Waals surface area contributed by atoms with Crippen molar-refractivity contribution in [2.45, 2.75) is 18.2 Å². The molecule has 6 nitrogen and oxygen atoms in total. The molecule has 32 heavy (non-hydrogen) atoms. The van der Waals surface area contributed by atoms with E-state index in [-0.39, 0.29) is 16.4 Å². The number of fused-ring (bicyclic) bond motifs is 3. The molecule has 2 aromatic heterocycles. The Morgan fingerprint density at radius 3 is 2.81 bits per heavy atom. The molecule has 168 valence electrons. The number of sulfone groups is 1. The highest BCUT2D eigenvalue weighted by Crippen LogP contribution is 2.41. The summed E-state index contributed by atoms with van der Waals surface area (Å²) in [5, 5.41) is 4.84. The predicted octanol–water partition coefficient (Wildman–Crippen LogP) is 4.96. The SMILES string of the molecule is CCS(=O)(=O)c1cccc(-c2cc(F)c(OCCCNC)c3[nH]c4ncc(Cl)cc4c23)c1. The van der Waals surface area contributed by atoms with Crippen LogP contribution in [0.4, 0.5) is 4.39 Å². The number of halogens is 2. The van der Waals surface area contributed by atoms with E-state index in [2.05, 4.69) is 15.3 Å². The third-order valence-corrected chi connectivity index (χ3v) is 7.24. The Hall–Kier alpha value is -2.68. The first-order valence-electron chi connectivity index (χ1n) is 10.3. The lowest BCUT2D eigenvalue weighted by molar-refractivity contribution is 0.298. The number of nitrogens with zero attached hydrogens (tertiary/aromatic N) is 1. The smallest absolute Gasteiger partial charge is 0.179 e. The van der Waals surface area contributed by atoms with Crippen molar-refractivity contribution in [2.75, 3.05) is 26.0 Å². The molecule has 2 heterocycles. The van der Waals surface area contributed by atoms with E-state index in [1.807, 2.05) is 7.05 Å². The monoisotopic (exact) mass is 475 g/mol. The Morgan fingerprint density at radius 2 is 2.06 bits per heavy atom. The van der Waals surface area contributed by atoms with Crippen molar-refractivity contribution < 1.29 is 17.5 Å². The van der Waals surface area contributed by atoms with Gasteiger partial charge in [0.25, 0.3) is 0 Å². The van der Waals surface area contributed by atoms with Gasteiger partial charge in [0.15, 0.2) is 21.4 Å². The second kappa shape index (κ2) is 9.05. The highest BCUT2D eigenvalue weighted by molar-refractivity contribution is 7.91. The number of hydrogen-bond acceptors (Lipinski definition) is 5. The second-order valence-corrected chi connectivity index (χ2v) is 10.1. The van der Waals surface area contributed by atoms with Gasteiger partial charge in [0, 0.05) is 17.0 Å². The lowest BCUT2D eigenvalue weighted by Crippen LogP contribution is -2.12. The van der Waals surface area contributed by atoms with Crippen LogP contribution in [0, 0.1) is 5.82 Å². The highest BCUT2D eigenvalue weighted by Gasteiger charge is 2.21. The van der Waals surface area contributed by atoms with Gasteiger partial charge in [0.2, 0.25) is 0 Å². The number of rotatable bonds is 8. The first-order chi connectivity index (χ1) is 15.4. The number of nitrogens with one attached hydrogen (secondary N) is 2. The molecular weight excluding hydrogens is 453 g/mol.